The Hall–Kier alpha value is -1.96. The lowest BCUT2D eigenvalue weighted by Crippen LogP contribution is -2.36. The lowest BCUT2D eigenvalue weighted by atomic mass is 9.98. The average Bonchev–Trinajstić information content (AvgIpc) is 2.54. The number of anilines is 1. The minimum absolute atomic E-state index is 0.258. The number of hydrogen-bond donors (Lipinski definition) is 2. The molecule has 0 aromatic heterocycles. The molecule has 0 aliphatic carbocycles. The van der Waals surface area contributed by atoms with Gasteiger partial charge in [-0.15, -0.1) is 13.2 Å². The summed E-state index contributed by atoms with van der Waals surface area (Å²) in [6, 6.07) is 5.37. The number of hydrogen-bond acceptors (Lipinski definition) is 3. The summed E-state index contributed by atoms with van der Waals surface area (Å²) in [5.74, 6) is 0.472. The van der Waals surface area contributed by atoms with Crippen LogP contribution < -0.4 is 15.8 Å². The van der Waals surface area contributed by atoms with E-state index in [1.54, 1.807) is 0 Å². The third-order valence-corrected chi connectivity index (χ3v) is 3.93. The number of nitrogens with zero attached hydrogens (tertiary/aromatic N) is 2. The molecular formula is C16H23F3N4O. The Morgan fingerprint density at radius 1 is 1.38 bits per heavy atom. The van der Waals surface area contributed by atoms with Gasteiger partial charge in [0.15, 0.2) is 5.96 Å². The van der Waals surface area contributed by atoms with Crippen molar-refractivity contribution in [3.8, 4) is 5.75 Å². The Morgan fingerprint density at radius 2 is 2.08 bits per heavy atom. The van der Waals surface area contributed by atoms with Crippen molar-refractivity contribution in [1.29, 1.82) is 0 Å². The van der Waals surface area contributed by atoms with Gasteiger partial charge in [0.05, 0.1) is 0 Å². The van der Waals surface area contributed by atoms with E-state index < -0.39 is 6.36 Å². The number of nitrogens with one attached hydrogen (secondary N) is 1. The Morgan fingerprint density at radius 3 is 2.71 bits per heavy atom. The van der Waals surface area contributed by atoms with Gasteiger partial charge in [-0.25, -0.2) is 0 Å². The Bertz CT molecular complexity index is 545. The molecule has 3 N–H and O–H groups in total. The minimum atomic E-state index is -4.69. The second-order valence-corrected chi connectivity index (χ2v) is 5.82. The van der Waals surface area contributed by atoms with Crippen LogP contribution >= 0.6 is 0 Å². The van der Waals surface area contributed by atoms with Gasteiger partial charge in [-0.2, -0.15) is 0 Å². The Labute approximate surface area is 139 Å². The van der Waals surface area contributed by atoms with Crippen molar-refractivity contribution in [3.63, 3.8) is 0 Å². The summed E-state index contributed by atoms with van der Waals surface area (Å²) in [5, 5.41) is 2.87. The van der Waals surface area contributed by atoms with Crippen LogP contribution in [0.5, 0.6) is 5.75 Å². The number of likely N-dealkylation sites (tertiary alicyclic amines) is 1. The zero-order valence-electron chi connectivity index (χ0n) is 13.6. The highest BCUT2D eigenvalue weighted by Crippen LogP contribution is 2.24. The van der Waals surface area contributed by atoms with Gasteiger partial charge in [0.2, 0.25) is 0 Å². The second-order valence-electron chi connectivity index (χ2n) is 5.82. The predicted molar refractivity (Wildman–Crippen MR) is 88.1 cm³/mol. The fourth-order valence-corrected chi connectivity index (χ4v) is 2.74. The Kier molecular flexibility index (Phi) is 6.30. The van der Waals surface area contributed by atoms with E-state index in [1.807, 2.05) is 0 Å². The summed E-state index contributed by atoms with van der Waals surface area (Å²) in [6.07, 6.45) is -2.39. The van der Waals surface area contributed by atoms with Crippen molar-refractivity contribution < 1.29 is 17.9 Å². The second kappa shape index (κ2) is 8.23. The highest BCUT2D eigenvalue weighted by atomic mass is 19.4. The van der Waals surface area contributed by atoms with Crippen LogP contribution in [0.25, 0.3) is 0 Å². The average molecular weight is 344 g/mol. The first-order valence-electron chi connectivity index (χ1n) is 8.01. The van der Waals surface area contributed by atoms with E-state index >= 15 is 0 Å². The number of halogens is 3. The first kappa shape index (κ1) is 18.4. The molecule has 0 spiro atoms. The molecule has 2 rings (SSSR count). The number of ether oxygens (including phenoxy) is 1. The molecule has 24 heavy (non-hydrogen) atoms. The number of benzene rings is 1. The van der Waals surface area contributed by atoms with E-state index in [4.69, 9.17) is 5.73 Å². The lowest BCUT2D eigenvalue weighted by Gasteiger charge is -2.30. The molecule has 1 aromatic rings. The molecule has 1 aromatic carbocycles. The van der Waals surface area contributed by atoms with Gasteiger partial charge >= 0.3 is 6.36 Å². The molecule has 1 aliphatic heterocycles. The number of aliphatic imine (C=N–C) groups is 1. The topological polar surface area (TPSA) is 62.9 Å². The number of alkyl halides is 3. The molecule has 5 nitrogen and oxygen atoms in total. The van der Waals surface area contributed by atoms with Crippen molar-refractivity contribution in [2.75, 3.05) is 31.5 Å². The summed E-state index contributed by atoms with van der Waals surface area (Å²) in [5.41, 5.74) is 6.40. The molecule has 1 aliphatic rings. The van der Waals surface area contributed by atoms with Crippen LogP contribution in [-0.2, 0) is 0 Å². The van der Waals surface area contributed by atoms with E-state index in [2.05, 4.69) is 26.9 Å². The van der Waals surface area contributed by atoms with Crippen LogP contribution in [-0.4, -0.2) is 43.4 Å². The van der Waals surface area contributed by atoms with Gasteiger partial charge in [-0.05, 0) is 56.1 Å². The molecule has 0 amide bonds. The molecule has 1 fully saturated rings. The van der Waals surface area contributed by atoms with Crippen molar-refractivity contribution in [1.82, 2.24) is 4.90 Å². The van der Waals surface area contributed by atoms with Crippen LogP contribution in [0.3, 0.4) is 0 Å². The van der Waals surface area contributed by atoms with Gasteiger partial charge in [0.1, 0.15) is 5.75 Å². The molecule has 0 radical (unpaired) electrons. The smallest absolute Gasteiger partial charge is 0.406 e. The third-order valence-electron chi connectivity index (χ3n) is 3.93. The van der Waals surface area contributed by atoms with Crippen molar-refractivity contribution in [3.05, 3.63) is 24.3 Å². The summed E-state index contributed by atoms with van der Waals surface area (Å²) in [7, 11) is 0. The maximum Gasteiger partial charge on any atom is 0.573 e. The zero-order chi connectivity index (χ0) is 17.6. The van der Waals surface area contributed by atoms with Crippen LogP contribution in [0.1, 0.15) is 19.8 Å². The maximum absolute atomic E-state index is 12.1. The molecule has 8 heteroatoms. The van der Waals surface area contributed by atoms with Crippen molar-refractivity contribution in [2.24, 2.45) is 16.6 Å². The molecule has 134 valence electrons. The largest absolute Gasteiger partial charge is 0.573 e. The van der Waals surface area contributed by atoms with Crippen LogP contribution in [0.2, 0.25) is 0 Å². The number of guanidine groups is 1. The number of nitrogens with two attached hydrogens (primary N) is 1. The monoisotopic (exact) mass is 344 g/mol. The van der Waals surface area contributed by atoms with Gasteiger partial charge in [0, 0.05) is 18.8 Å². The molecule has 1 atom stereocenters. The third kappa shape index (κ3) is 6.27. The number of piperidine rings is 1. The van der Waals surface area contributed by atoms with E-state index in [9.17, 15) is 13.2 Å². The predicted octanol–water partition coefficient (Wildman–Crippen LogP) is 3.04. The Balaban J connectivity index is 1.84. The highest BCUT2D eigenvalue weighted by Gasteiger charge is 2.30. The molecule has 1 unspecified atom stereocenters. The zero-order valence-corrected chi connectivity index (χ0v) is 13.6. The maximum atomic E-state index is 12.1. The molecular weight excluding hydrogens is 321 g/mol. The SMILES string of the molecule is CCN1CCCC(CN=C(N)Nc2ccc(OC(F)(F)F)cc2)C1. The fourth-order valence-electron chi connectivity index (χ4n) is 2.74. The van der Waals surface area contributed by atoms with E-state index in [-0.39, 0.29) is 11.7 Å². The van der Waals surface area contributed by atoms with E-state index in [0.717, 1.165) is 26.1 Å². The van der Waals surface area contributed by atoms with Crippen molar-refractivity contribution >= 4 is 11.6 Å². The van der Waals surface area contributed by atoms with Crippen molar-refractivity contribution in [2.45, 2.75) is 26.1 Å². The minimum Gasteiger partial charge on any atom is -0.406 e. The normalized spacial score (nSPS) is 20.0. The summed E-state index contributed by atoms with van der Waals surface area (Å²) in [4.78, 5) is 6.73. The molecule has 1 saturated heterocycles. The van der Waals surface area contributed by atoms with E-state index in [0.29, 0.717) is 18.2 Å². The molecule has 1 heterocycles. The summed E-state index contributed by atoms with van der Waals surface area (Å²) in [6.45, 7) is 5.99. The standard InChI is InChI=1S/C16H23F3N4O/c1-2-23-9-3-4-12(11-23)10-21-15(20)22-13-5-7-14(8-6-13)24-16(17,18)19/h5-8,12H,2-4,9-11H2,1H3,(H3,20,21,22). The summed E-state index contributed by atoms with van der Waals surface area (Å²) < 4.78 is 40.1. The quantitative estimate of drug-likeness (QED) is 0.637. The first-order chi connectivity index (χ1) is 11.4. The van der Waals surface area contributed by atoms with Gasteiger partial charge < -0.3 is 20.7 Å². The van der Waals surface area contributed by atoms with E-state index in [1.165, 1.54) is 30.7 Å². The molecule has 0 saturated carbocycles. The van der Waals surface area contributed by atoms with Gasteiger partial charge in [-0.1, -0.05) is 6.92 Å². The highest BCUT2D eigenvalue weighted by molar-refractivity contribution is 5.92. The first-order valence-corrected chi connectivity index (χ1v) is 8.01. The van der Waals surface area contributed by atoms with Gasteiger partial charge in [-0.3, -0.25) is 4.99 Å². The number of rotatable bonds is 5. The lowest BCUT2D eigenvalue weighted by molar-refractivity contribution is -0.274. The fraction of sp³-hybridized carbons (Fsp3) is 0.562. The van der Waals surface area contributed by atoms with Crippen LogP contribution in [0.4, 0.5) is 18.9 Å². The molecule has 0 bridgehead atoms. The van der Waals surface area contributed by atoms with Gasteiger partial charge in [0.25, 0.3) is 0 Å². The van der Waals surface area contributed by atoms with Crippen LogP contribution in [0.15, 0.2) is 29.3 Å². The summed E-state index contributed by atoms with van der Waals surface area (Å²) >= 11 is 0. The van der Waals surface area contributed by atoms with Crippen LogP contribution in [0, 0.1) is 5.92 Å².